The van der Waals surface area contributed by atoms with Gasteiger partial charge in [0.2, 0.25) is 0 Å². The molecule has 0 heterocycles. The van der Waals surface area contributed by atoms with Crippen LogP contribution in [0.3, 0.4) is 0 Å². The van der Waals surface area contributed by atoms with Crippen molar-refractivity contribution in [2.24, 2.45) is 0 Å². The summed E-state index contributed by atoms with van der Waals surface area (Å²) in [5, 5.41) is 9.79. The molecular weight excluding hydrogens is 210 g/mol. The van der Waals surface area contributed by atoms with E-state index >= 15 is 0 Å². The van der Waals surface area contributed by atoms with Crippen LogP contribution in [0.15, 0.2) is 18.2 Å². The van der Waals surface area contributed by atoms with Crippen molar-refractivity contribution < 1.29 is 4.74 Å². The van der Waals surface area contributed by atoms with Gasteiger partial charge in [-0.2, -0.15) is 5.26 Å². The minimum absolute atomic E-state index is 0.294. The molecule has 0 aromatic heterocycles. The zero-order chi connectivity index (χ0) is 10.9. The Morgan fingerprint density at radius 2 is 2.20 bits per heavy atom. The van der Waals surface area contributed by atoms with Gasteiger partial charge in [-0.3, -0.25) is 0 Å². The van der Waals surface area contributed by atoms with Crippen molar-refractivity contribution in [2.75, 3.05) is 7.11 Å². The molecule has 1 fully saturated rings. The van der Waals surface area contributed by atoms with Crippen LogP contribution in [0.4, 0.5) is 0 Å². The summed E-state index contributed by atoms with van der Waals surface area (Å²) in [4.78, 5) is 0. The SMILES string of the molecule is COc1cc(C2(C#N)CCC2)ccc1Cl. The Hall–Kier alpha value is -1.20. The molecule has 1 aromatic carbocycles. The first-order chi connectivity index (χ1) is 7.22. The van der Waals surface area contributed by atoms with Crippen molar-refractivity contribution in [1.29, 1.82) is 5.26 Å². The molecule has 2 nitrogen and oxygen atoms in total. The molecule has 1 saturated carbocycles. The Morgan fingerprint density at radius 3 is 2.67 bits per heavy atom. The lowest BCUT2D eigenvalue weighted by Gasteiger charge is -2.35. The van der Waals surface area contributed by atoms with E-state index in [9.17, 15) is 5.26 Å². The predicted molar refractivity (Wildman–Crippen MR) is 59.1 cm³/mol. The van der Waals surface area contributed by atoms with Gasteiger partial charge in [0, 0.05) is 0 Å². The molecule has 1 aliphatic rings. The van der Waals surface area contributed by atoms with Crippen LogP contribution < -0.4 is 4.74 Å². The second kappa shape index (κ2) is 3.75. The van der Waals surface area contributed by atoms with Gasteiger partial charge in [-0.15, -0.1) is 0 Å². The van der Waals surface area contributed by atoms with E-state index in [0.29, 0.717) is 10.8 Å². The van der Waals surface area contributed by atoms with Gasteiger partial charge >= 0.3 is 0 Å². The van der Waals surface area contributed by atoms with Gasteiger partial charge in [0.1, 0.15) is 5.75 Å². The summed E-state index contributed by atoms with van der Waals surface area (Å²) in [6, 6.07) is 8.01. The highest BCUT2D eigenvalue weighted by Crippen LogP contribution is 2.44. The van der Waals surface area contributed by atoms with E-state index in [0.717, 1.165) is 24.8 Å². The molecule has 0 atom stereocenters. The number of methoxy groups -OCH3 is 1. The Bertz CT molecular complexity index is 418. The van der Waals surface area contributed by atoms with Crippen LogP contribution in [0.1, 0.15) is 24.8 Å². The lowest BCUT2D eigenvalue weighted by Crippen LogP contribution is -2.32. The molecule has 2 rings (SSSR count). The first-order valence-corrected chi connectivity index (χ1v) is 5.35. The van der Waals surface area contributed by atoms with E-state index in [4.69, 9.17) is 16.3 Å². The topological polar surface area (TPSA) is 33.0 Å². The van der Waals surface area contributed by atoms with Gasteiger partial charge in [-0.25, -0.2) is 0 Å². The molecule has 0 amide bonds. The van der Waals surface area contributed by atoms with Crippen molar-refractivity contribution in [3.05, 3.63) is 28.8 Å². The number of nitrogens with zero attached hydrogens (tertiary/aromatic N) is 1. The van der Waals surface area contributed by atoms with E-state index in [1.807, 2.05) is 12.1 Å². The van der Waals surface area contributed by atoms with Gasteiger partial charge in [0.25, 0.3) is 0 Å². The van der Waals surface area contributed by atoms with Gasteiger partial charge in [-0.05, 0) is 37.0 Å². The van der Waals surface area contributed by atoms with Gasteiger partial charge in [0.15, 0.2) is 0 Å². The maximum Gasteiger partial charge on any atom is 0.137 e. The zero-order valence-corrected chi connectivity index (χ0v) is 9.34. The Balaban J connectivity index is 2.41. The number of nitriles is 1. The lowest BCUT2D eigenvalue weighted by atomic mass is 9.65. The van der Waals surface area contributed by atoms with Crippen LogP contribution in [-0.2, 0) is 5.41 Å². The van der Waals surface area contributed by atoms with Crippen LogP contribution in [0.25, 0.3) is 0 Å². The average Bonchev–Trinajstić information content (AvgIpc) is 2.19. The van der Waals surface area contributed by atoms with Gasteiger partial charge in [-0.1, -0.05) is 17.7 Å². The number of ether oxygens (including phenoxy) is 1. The molecule has 0 spiro atoms. The third-order valence-electron chi connectivity index (χ3n) is 3.12. The van der Waals surface area contributed by atoms with Crippen molar-refractivity contribution in [1.82, 2.24) is 0 Å². The Labute approximate surface area is 94.4 Å². The predicted octanol–water partition coefficient (Wildman–Crippen LogP) is 3.29. The molecule has 1 aromatic rings. The molecule has 0 bridgehead atoms. The van der Waals surface area contributed by atoms with E-state index in [1.165, 1.54) is 0 Å². The molecule has 78 valence electrons. The van der Waals surface area contributed by atoms with E-state index < -0.39 is 0 Å². The Kier molecular flexibility index (Phi) is 2.58. The maximum absolute atomic E-state index is 9.20. The molecule has 1 aliphatic carbocycles. The van der Waals surface area contributed by atoms with Gasteiger partial charge in [0.05, 0.1) is 23.6 Å². The highest BCUT2D eigenvalue weighted by atomic mass is 35.5. The fraction of sp³-hybridized carbons (Fsp3) is 0.417. The third kappa shape index (κ3) is 1.57. The average molecular weight is 222 g/mol. The first kappa shape index (κ1) is 10.3. The molecule has 3 heteroatoms. The van der Waals surface area contributed by atoms with Crippen LogP contribution in [0.2, 0.25) is 5.02 Å². The van der Waals surface area contributed by atoms with Crippen LogP contribution in [-0.4, -0.2) is 7.11 Å². The zero-order valence-electron chi connectivity index (χ0n) is 8.59. The van der Waals surface area contributed by atoms with Crippen molar-refractivity contribution >= 4 is 11.6 Å². The summed E-state index contributed by atoms with van der Waals surface area (Å²) in [6.45, 7) is 0. The second-order valence-corrected chi connectivity index (χ2v) is 4.30. The van der Waals surface area contributed by atoms with Gasteiger partial charge < -0.3 is 4.74 Å². The third-order valence-corrected chi connectivity index (χ3v) is 3.44. The quantitative estimate of drug-likeness (QED) is 0.768. The fourth-order valence-electron chi connectivity index (χ4n) is 1.95. The highest BCUT2D eigenvalue weighted by molar-refractivity contribution is 6.32. The number of hydrogen-bond acceptors (Lipinski definition) is 2. The summed E-state index contributed by atoms with van der Waals surface area (Å²) >= 11 is 5.94. The summed E-state index contributed by atoms with van der Waals surface area (Å²) in [5.74, 6) is 0.649. The number of benzene rings is 1. The summed E-state index contributed by atoms with van der Waals surface area (Å²) in [6.07, 6.45) is 3.00. The summed E-state index contributed by atoms with van der Waals surface area (Å²) in [5.41, 5.74) is 0.732. The van der Waals surface area contributed by atoms with Crippen molar-refractivity contribution in [3.63, 3.8) is 0 Å². The summed E-state index contributed by atoms with van der Waals surface area (Å²) in [7, 11) is 1.59. The van der Waals surface area contributed by atoms with Crippen LogP contribution in [0, 0.1) is 11.3 Å². The monoisotopic (exact) mass is 221 g/mol. The Morgan fingerprint density at radius 1 is 1.47 bits per heavy atom. The number of hydrogen-bond donors (Lipinski definition) is 0. The molecule has 0 N–H and O–H groups in total. The lowest BCUT2D eigenvalue weighted by molar-refractivity contribution is 0.322. The molecule has 0 unspecified atom stereocenters. The standard InChI is InChI=1S/C12H12ClNO/c1-15-11-7-9(3-4-10(11)13)12(8-14)5-2-6-12/h3-4,7H,2,5-6H2,1H3. The normalized spacial score (nSPS) is 17.7. The fourth-order valence-corrected chi connectivity index (χ4v) is 2.15. The molecule has 0 saturated heterocycles. The molecule has 0 radical (unpaired) electrons. The smallest absolute Gasteiger partial charge is 0.137 e. The first-order valence-electron chi connectivity index (χ1n) is 4.97. The minimum atomic E-state index is -0.294. The number of halogens is 1. The van der Waals surface area contributed by atoms with E-state index in [2.05, 4.69) is 6.07 Å². The van der Waals surface area contributed by atoms with E-state index in [1.54, 1.807) is 13.2 Å². The maximum atomic E-state index is 9.20. The van der Waals surface area contributed by atoms with E-state index in [-0.39, 0.29) is 5.41 Å². The van der Waals surface area contributed by atoms with Crippen LogP contribution >= 0.6 is 11.6 Å². The molecule has 15 heavy (non-hydrogen) atoms. The van der Waals surface area contributed by atoms with Crippen molar-refractivity contribution in [3.8, 4) is 11.8 Å². The molecule has 0 aliphatic heterocycles. The second-order valence-electron chi connectivity index (χ2n) is 3.90. The van der Waals surface area contributed by atoms with Crippen molar-refractivity contribution in [2.45, 2.75) is 24.7 Å². The number of rotatable bonds is 2. The minimum Gasteiger partial charge on any atom is -0.495 e. The summed E-state index contributed by atoms with van der Waals surface area (Å²) < 4.78 is 5.15. The molecular formula is C12H12ClNO. The largest absolute Gasteiger partial charge is 0.495 e. The van der Waals surface area contributed by atoms with Crippen LogP contribution in [0.5, 0.6) is 5.75 Å². The highest BCUT2D eigenvalue weighted by Gasteiger charge is 2.39.